The summed E-state index contributed by atoms with van der Waals surface area (Å²) in [6.07, 6.45) is 1.02. The number of anilines is 1. The smallest absolute Gasteiger partial charge is 0.329 e. The molecule has 0 aromatic carbocycles. The van der Waals surface area contributed by atoms with E-state index in [-0.39, 0.29) is 23.2 Å². The normalized spacial score (nSPS) is 11.9. The Balaban J connectivity index is 2.92. The number of nitro groups is 1. The van der Waals surface area contributed by atoms with E-state index in [1.807, 2.05) is 0 Å². The van der Waals surface area contributed by atoms with Gasteiger partial charge in [0.2, 0.25) is 17.0 Å². The number of nitrogens with two attached hydrogens (primary N) is 1. The van der Waals surface area contributed by atoms with Crippen LogP contribution in [-0.2, 0) is 4.79 Å². The van der Waals surface area contributed by atoms with Crippen LogP contribution in [0.2, 0.25) is 5.28 Å². The number of primary amides is 1. The van der Waals surface area contributed by atoms with Gasteiger partial charge in [-0.1, -0.05) is 0 Å². The van der Waals surface area contributed by atoms with Crippen molar-refractivity contribution in [1.82, 2.24) is 9.97 Å². The SMILES string of the molecule is CC(CC(N)=O)Nc1nc(Cl)ncc1[N+](=O)[O-]. The first-order valence-corrected chi connectivity index (χ1v) is 4.99. The number of halogens is 1. The third kappa shape index (κ3) is 3.83. The van der Waals surface area contributed by atoms with Gasteiger partial charge in [0.15, 0.2) is 0 Å². The van der Waals surface area contributed by atoms with E-state index in [1.54, 1.807) is 6.92 Å². The summed E-state index contributed by atoms with van der Waals surface area (Å²) in [6, 6.07) is -0.392. The summed E-state index contributed by atoms with van der Waals surface area (Å²) in [7, 11) is 0. The minimum absolute atomic E-state index is 0.0266. The molecule has 0 spiro atoms. The molecule has 17 heavy (non-hydrogen) atoms. The molecule has 1 rings (SSSR count). The second kappa shape index (κ2) is 5.39. The van der Waals surface area contributed by atoms with Crippen molar-refractivity contribution < 1.29 is 9.72 Å². The van der Waals surface area contributed by atoms with Crippen molar-refractivity contribution in [2.75, 3.05) is 5.32 Å². The van der Waals surface area contributed by atoms with Crippen LogP contribution in [0, 0.1) is 10.1 Å². The Kier molecular flexibility index (Phi) is 4.16. The molecule has 8 nitrogen and oxygen atoms in total. The van der Waals surface area contributed by atoms with Crippen LogP contribution in [0.3, 0.4) is 0 Å². The Morgan fingerprint density at radius 2 is 2.41 bits per heavy atom. The van der Waals surface area contributed by atoms with Crippen molar-refractivity contribution in [1.29, 1.82) is 0 Å². The van der Waals surface area contributed by atoms with Crippen LogP contribution in [0.15, 0.2) is 6.20 Å². The molecule has 0 saturated heterocycles. The van der Waals surface area contributed by atoms with Crippen LogP contribution in [0.4, 0.5) is 11.5 Å². The van der Waals surface area contributed by atoms with Crippen molar-refractivity contribution in [3.8, 4) is 0 Å². The standard InChI is InChI=1S/C8H10ClN5O3/c1-4(2-6(10)15)12-7-5(14(16)17)3-11-8(9)13-7/h3-4H,2H2,1H3,(H2,10,15)(H,11,12,13). The van der Waals surface area contributed by atoms with Gasteiger partial charge in [-0.3, -0.25) is 14.9 Å². The summed E-state index contributed by atoms with van der Waals surface area (Å²) in [6.45, 7) is 1.64. The first-order chi connectivity index (χ1) is 7.90. The molecule has 0 aliphatic heterocycles. The van der Waals surface area contributed by atoms with Crippen LogP contribution in [-0.4, -0.2) is 26.8 Å². The number of rotatable bonds is 5. The lowest BCUT2D eigenvalue weighted by Gasteiger charge is -2.12. The van der Waals surface area contributed by atoms with Gasteiger partial charge < -0.3 is 11.1 Å². The zero-order valence-electron chi connectivity index (χ0n) is 8.88. The molecule has 0 bridgehead atoms. The van der Waals surface area contributed by atoms with E-state index in [2.05, 4.69) is 15.3 Å². The number of nitrogens with one attached hydrogen (secondary N) is 1. The molecule has 1 heterocycles. The predicted octanol–water partition coefficient (Wildman–Crippen LogP) is 0.714. The molecule has 1 amide bonds. The van der Waals surface area contributed by atoms with Gasteiger partial charge >= 0.3 is 5.69 Å². The second-order valence-electron chi connectivity index (χ2n) is 3.35. The lowest BCUT2D eigenvalue weighted by atomic mass is 10.2. The highest BCUT2D eigenvalue weighted by molar-refractivity contribution is 6.28. The van der Waals surface area contributed by atoms with E-state index in [1.165, 1.54) is 0 Å². The largest absolute Gasteiger partial charge is 0.370 e. The van der Waals surface area contributed by atoms with Crippen molar-refractivity contribution in [2.24, 2.45) is 5.73 Å². The molecule has 0 radical (unpaired) electrons. The number of nitrogens with zero attached hydrogens (tertiary/aromatic N) is 3. The molecule has 3 N–H and O–H groups in total. The number of carbonyl (C=O) groups excluding carboxylic acids is 1. The molecule has 0 aliphatic rings. The third-order valence-electron chi connectivity index (χ3n) is 1.83. The molecule has 1 aromatic heterocycles. The zero-order chi connectivity index (χ0) is 13.0. The van der Waals surface area contributed by atoms with Crippen LogP contribution >= 0.6 is 11.6 Å². The van der Waals surface area contributed by atoms with Crippen molar-refractivity contribution in [2.45, 2.75) is 19.4 Å². The molecule has 1 atom stereocenters. The Labute approximate surface area is 101 Å². The van der Waals surface area contributed by atoms with Crippen LogP contribution in [0.1, 0.15) is 13.3 Å². The molecular formula is C8H10ClN5O3. The van der Waals surface area contributed by atoms with Gasteiger partial charge in [-0.25, -0.2) is 4.98 Å². The van der Waals surface area contributed by atoms with Crippen LogP contribution in [0.25, 0.3) is 0 Å². The lowest BCUT2D eigenvalue weighted by molar-refractivity contribution is -0.384. The van der Waals surface area contributed by atoms with Crippen LogP contribution < -0.4 is 11.1 Å². The minimum Gasteiger partial charge on any atom is -0.370 e. The molecular weight excluding hydrogens is 250 g/mol. The molecule has 1 unspecified atom stereocenters. The third-order valence-corrected chi connectivity index (χ3v) is 2.01. The van der Waals surface area contributed by atoms with Gasteiger partial charge in [0.25, 0.3) is 0 Å². The number of carbonyl (C=O) groups is 1. The highest BCUT2D eigenvalue weighted by Gasteiger charge is 2.19. The molecule has 0 fully saturated rings. The van der Waals surface area contributed by atoms with Gasteiger partial charge in [-0.2, -0.15) is 4.98 Å². The Morgan fingerprint density at radius 3 is 2.94 bits per heavy atom. The maximum Gasteiger partial charge on any atom is 0.329 e. The monoisotopic (exact) mass is 259 g/mol. The van der Waals surface area contributed by atoms with Gasteiger partial charge in [0.1, 0.15) is 6.20 Å². The van der Waals surface area contributed by atoms with E-state index in [9.17, 15) is 14.9 Å². The van der Waals surface area contributed by atoms with E-state index >= 15 is 0 Å². The van der Waals surface area contributed by atoms with E-state index < -0.39 is 16.9 Å². The second-order valence-corrected chi connectivity index (χ2v) is 3.68. The van der Waals surface area contributed by atoms with Crippen molar-refractivity contribution >= 4 is 29.0 Å². The summed E-state index contributed by atoms with van der Waals surface area (Å²) in [5, 5.41) is 13.3. The maximum absolute atomic E-state index is 10.7. The molecule has 0 saturated carbocycles. The fourth-order valence-corrected chi connectivity index (χ4v) is 1.31. The Bertz CT molecular complexity index is 453. The first kappa shape index (κ1) is 13.1. The summed E-state index contributed by atoms with van der Waals surface area (Å²) >= 11 is 5.53. The van der Waals surface area contributed by atoms with Crippen LogP contribution in [0.5, 0.6) is 0 Å². The average molecular weight is 260 g/mol. The van der Waals surface area contributed by atoms with Crippen molar-refractivity contribution in [3.63, 3.8) is 0 Å². The molecule has 1 aromatic rings. The molecule has 0 aliphatic carbocycles. The summed E-state index contributed by atoms with van der Waals surface area (Å²) < 4.78 is 0. The van der Waals surface area contributed by atoms with Gasteiger partial charge in [0, 0.05) is 12.5 Å². The Morgan fingerprint density at radius 1 is 1.76 bits per heavy atom. The minimum atomic E-state index is -0.643. The van der Waals surface area contributed by atoms with E-state index in [4.69, 9.17) is 17.3 Å². The molecule has 92 valence electrons. The van der Waals surface area contributed by atoms with E-state index in [0.717, 1.165) is 6.20 Å². The van der Waals surface area contributed by atoms with Gasteiger partial charge in [0.05, 0.1) is 4.92 Å². The van der Waals surface area contributed by atoms with Crippen molar-refractivity contribution in [3.05, 3.63) is 21.6 Å². The number of amides is 1. The summed E-state index contributed by atoms with van der Waals surface area (Å²) in [5.41, 5.74) is 4.69. The highest BCUT2D eigenvalue weighted by Crippen LogP contribution is 2.22. The fourth-order valence-electron chi connectivity index (χ4n) is 1.18. The highest BCUT2D eigenvalue weighted by atomic mass is 35.5. The first-order valence-electron chi connectivity index (χ1n) is 4.62. The summed E-state index contributed by atoms with van der Waals surface area (Å²) in [4.78, 5) is 27.9. The topological polar surface area (TPSA) is 124 Å². The number of hydrogen-bond acceptors (Lipinski definition) is 6. The Hall–Kier alpha value is -1.96. The molecule has 9 heteroatoms. The van der Waals surface area contributed by atoms with Gasteiger partial charge in [-0.05, 0) is 18.5 Å². The quantitative estimate of drug-likeness (QED) is 0.456. The maximum atomic E-state index is 10.7. The predicted molar refractivity (Wildman–Crippen MR) is 60.6 cm³/mol. The lowest BCUT2D eigenvalue weighted by Crippen LogP contribution is -2.24. The number of hydrogen-bond donors (Lipinski definition) is 2. The summed E-state index contributed by atoms with van der Waals surface area (Å²) in [5.74, 6) is -0.559. The van der Waals surface area contributed by atoms with Gasteiger partial charge in [-0.15, -0.1) is 0 Å². The average Bonchev–Trinajstić information content (AvgIpc) is 2.15. The van der Waals surface area contributed by atoms with E-state index in [0.29, 0.717) is 0 Å². The zero-order valence-corrected chi connectivity index (χ0v) is 9.64. The number of aromatic nitrogens is 2. The fraction of sp³-hybridized carbons (Fsp3) is 0.375.